The normalized spacial score (nSPS) is 12.2. The van der Waals surface area contributed by atoms with Crippen molar-refractivity contribution in [1.82, 2.24) is 19.1 Å². The van der Waals surface area contributed by atoms with Gasteiger partial charge in [0.2, 0.25) is 0 Å². The van der Waals surface area contributed by atoms with Gasteiger partial charge in [0.25, 0.3) is 0 Å². The molecule has 0 saturated heterocycles. The van der Waals surface area contributed by atoms with Gasteiger partial charge in [0.05, 0.1) is 51.0 Å². The summed E-state index contributed by atoms with van der Waals surface area (Å²) in [5, 5.41) is 14.9. The second-order valence-electron chi connectivity index (χ2n) is 18.4. The summed E-state index contributed by atoms with van der Waals surface area (Å²) in [5.74, 6) is 0.462. The van der Waals surface area contributed by atoms with Crippen molar-refractivity contribution in [1.29, 1.82) is 5.26 Å². The Morgan fingerprint density at radius 1 is 0.338 bits per heavy atom. The molecule has 5 heteroatoms. The molecule has 3 heterocycles. The molecule has 0 atom stereocenters. The van der Waals surface area contributed by atoms with Gasteiger partial charge in [-0.1, -0.05) is 164 Å². The topological polar surface area (TPSA) is 59.4 Å². The summed E-state index contributed by atoms with van der Waals surface area (Å²) in [5.41, 5.74) is 20.2. The fraction of sp³-hybridized carbons (Fsp3) is 0.0152. The zero-order valence-electron chi connectivity index (χ0n) is 38.4. The van der Waals surface area contributed by atoms with Crippen molar-refractivity contribution in [3.05, 3.63) is 265 Å². The molecule has 10 aromatic carbocycles. The summed E-state index contributed by atoms with van der Waals surface area (Å²) < 4.78 is 4.76. The molecule has 1 aliphatic rings. The fourth-order valence-corrected chi connectivity index (χ4v) is 11.2. The molecule has 0 radical (unpaired) electrons. The second-order valence-corrected chi connectivity index (χ2v) is 18.4. The SMILES string of the molecule is N#Cc1cccc(-c2cc(-c3ccccc3)nc(C3c4ccc(-c5cccc(-n6c7ccccc7c7ccccc76)c5)cc4-c4cc(-c5cccc(-n6c7ccccc7c7ccccc76)c5)ccc43)n2)c1. The first-order chi connectivity index (χ1) is 35.1. The van der Waals surface area contributed by atoms with Gasteiger partial charge < -0.3 is 9.13 Å². The molecule has 330 valence electrons. The van der Waals surface area contributed by atoms with E-state index in [1.165, 1.54) is 43.6 Å². The van der Waals surface area contributed by atoms with Crippen LogP contribution in [0.3, 0.4) is 0 Å². The lowest BCUT2D eigenvalue weighted by Gasteiger charge is -2.17. The Balaban J connectivity index is 0.952. The number of hydrogen-bond acceptors (Lipinski definition) is 3. The predicted octanol–water partition coefficient (Wildman–Crippen LogP) is 16.4. The molecule has 3 aromatic heterocycles. The summed E-state index contributed by atoms with van der Waals surface area (Å²) in [7, 11) is 0. The maximum atomic E-state index is 9.91. The van der Waals surface area contributed by atoms with E-state index in [-0.39, 0.29) is 5.92 Å². The van der Waals surface area contributed by atoms with Crippen molar-refractivity contribution in [3.8, 4) is 73.3 Å². The van der Waals surface area contributed by atoms with Gasteiger partial charge in [0.15, 0.2) is 0 Å². The van der Waals surface area contributed by atoms with E-state index in [0.717, 1.165) is 78.4 Å². The molecule has 1 aliphatic carbocycles. The third-order valence-electron chi connectivity index (χ3n) is 14.4. The molecule has 71 heavy (non-hydrogen) atoms. The minimum absolute atomic E-state index is 0.252. The Bertz CT molecular complexity index is 4010. The van der Waals surface area contributed by atoms with Crippen molar-refractivity contribution in [3.63, 3.8) is 0 Å². The Labute approximate surface area is 410 Å². The van der Waals surface area contributed by atoms with E-state index in [1.54, 1.807) is 0 Å². The molecule has 0 spiro atoms. The summed E-state index contributed by atoms with van der Waals surface area (Å²) in [6.45, 7) is 0. The number of nitriles is 1. The molecular formula is C66H41N5. The van der Waals surface area contributed by atoms with Gasteiger partial charge in [0.1, 0.15) is 5.82 Å². The summed E-state index contributed by atoms with van der Waals surface area (Å²) >= 11 is 0. The number of aromatic nitrogens is 4. The third kappa shape index (κ3) is 6.61. The van der Waals surface area contributed by atoms with Crippen LogP contribution in [0.4, 0.5) is 0 Å². The van der Waals surface area contributed by atoms with Gasteiger partial charge in [0, 0.05) is 44.0 Å². The summed E-state index contributed by atoms with van der Waals surface area (Å²) in [4.78, 5) is 10.8. The monoisotopic (exact) mass is 903 g/mol. The minimum atomic E-state index is -0.252. The van der Waals surface area contributed by atoms with Crippen LogP contribution in [0.5, 0.6) is 0 Å². The molecule has 5 nitrogen and oxygen atoms in total. The Morgan fingerprint density at radius 2 is 0.746 bits per heavy atom. The third-order valence-corrected chi connectivity index (χ3v) is 14.4. The highest BCUT2D eigenvalue weighted by Gasteiger charge is 2.33. The number of benzene rings is 10. The van der Waals surface area contributed by atoms with Crippen molar-refractivity contribution in [2.75, 3.05) is 0 Å². The van der Waals surface area contributed by atoms with Crippen molar-refractivity contribution >= 4 is 43.6 Å². The van der Waals surface area contributed by atoms with E-state index in [2.05, 4.69) is 209 Å². The maximum absolute atomic E-state index is 9.91. The van der Waals surface area contributed by atoms with Crippen LogP contribution in [-0.4, -0.2) is 19.1 Å². The molecule has 0 aliphatic heterocycles. The molecule has 0 unspecified atom stereocenters. The van der Waals surface area contributed by atoms with Gasteiger partial charge in [-0.2, -0.15) is 5.26 Å². The van der Waals surface area contributed by atoms with Crippen LogP contribution < -0.4 is 0 Å². The molecular weight excluding hydrogens is 863 g/mol. The second kappa shape index (κ2) is 16.3. The molecule has 13 aromatic rings. The van der Waals surface area contributed by atoms with Crippen LogP contribution in [0.15, 0.2) is 243 Å². The van der Waals surface area contributed by atoms with Gasteiger partial charge in [-0.25, -0.2) is 9.97 Å². The molecule has 14 rings (SSSR count). The van der Waals surface area contributed by atoms with Crippen molar-refractivity contribution in [2.45, 2.75) is 5.92 Å². The lowest BCUT2D eigenvalue weighted by Crippen LogP contribution is -2.07. The highest BCUT2D eigenvalue weighted by molar-refractivity contribution is 6.10. The van der Waals surface area contributed by atoms with E-state index in [4.69, 9.17) is 9.97 Å². The number of nitrogens with zero attached hydrogens (tertiary/aromatic N) is 5. The predicted molar refractivity (Wildman–Crippen MR) is 290 cm³/mol. The van der Waals surface area contributed by atoms with Crippen LogP contribution in [0.2, 0.25) is 0 Å². The van der Waals surface area contributed by atoms with Crippen molar-refractivity contribution in [2.24, 2.45) is 0 Å². The Kier molecular flexibility index (Phi) is 9.27. The van der Waals surface area contributed by atoms with Gasteiger partial charge in [-0.15, -0.1) is 0 Å². The Morgan fingerprint density at radius 3 is 1.24 bits per heavy atom. The average Bonchev–Trinajstić information content (AvgIpc) is 4.09. The number of fused-ring (bicyclic) bond motifs is 9. The minimum Gasteiger partial charge on any atom is -0.309 e. The summed E-state index contributed by atoms with van der Waals surface area (Å²) in [6.07, 6.45) is 0. The van der Waals surface area contributed by atoms with Crippen LogP contribution in [0, 0.1) is 11.3 Å². The number of para-hydroxylation sites is 4. The van der Waals surface area contributed by atoms with E-state index in [9.17, 15) is 5.26 Å². The zero-order chi connectivity index (χ0) is 47.0. The fourth-order valence-electron chi connectivity index (χ4n) is 11.2. The number of rotatable bonds is 7. The highest BCUT2D eigenvalue weighted by Crippen LogP contribution is 2.50. The van der Waals surface area contributed by atoms with Crippen molar-refractivity contribution < 1.29 is 0 Å². The number of hydrogen-bond donors (Lipinski definition) is 0. The average molecular weight is 904 g/mol. The molecule has 0 bridgehead atoms. The first kappa shape index (κ1) is 40.4. The van der Waals surface area contributed by atoms with Crippen LogP contribution in [0.1, 0.15) is 28.4 Å². The molecule has 0 amide bonds. The van der Waals surface area contributed by atoms with Gasteiger partial charge in [-0.05, 0) is 123 Å². The molecule has 0 N–H and O–H groups in total. The van der Waals surface area contributed by atoms with Gasteiger partial charge in [-0.3, -0.25) is 0 Å². The van der Waals surface area contributed by atoms with E-state index in [0.29, 0.717) is 11.4 Å². The largest absolute Gasteiger partial charge is 0.309 e. The highest BCUT2D eigenvalue weighted by atomic mass is 15.0. The van der Waals surface area contributed by atoms with Gasteiger partial charge >= 0.3 is 0 Å². The smallest absolute Gasteiger partial charge is 0.141 e. The standard InChI is InChI=1S/C66H41N5/c67-41-42-15-12-20-48(35-42)60-40-59(43-16-2-1-3-17-43)68-66(69-60)65-55-33-31-46(44-18-13-21-49(36-44)70-61-27-8-4-23-51(61)52-24-5-9-28-62(52)70)38-57(55)58-39-47(32-34-56(58)65)45-19-14-22-50(37-45)71-63-29-10-6-25-53(63)54-26-7-11-30-64(54)71/h1-40,65H. The first-order valence-electron chi connectivity index (χ1n) is 24.1. The summed E-state index contributed by atoms with van der Waals surface area (Å²) in [6, 6.07) is 88.7. The van der Waals surface area contributed by atoms with Crippen LogP contribution in [-0.2, 0) is 0 Å². The first-order valence-corrected chi connectivity index (χ1v) is 24.1. The maximum Gasteiger partial charge on any atom is 0.141 e. The van der Waals surface area contributed by atoms with E-state index in [1.807, 2.05) is 48.5 Å². The quantitative estimate of drug-likeness (QED) is 0.160. The van der Waals surface area contributed by atoms with Crippen LogP contribution in [0.25, 0.3) is 111 Å². The molecule has 0 fully saturated rings. The lowest BCUT2D eigenvalue weighted by atomic mass is 9.93. The lowest BCUT2D eigenvalue weighted by molar-refractivity contribution is 0.879. The zero-order valence-corrected chi connectivity index (χ0v) is 38.4. The van der Waals surface area contributed by atoms with E-state index < -0.39 is 0 Å². The Hall–Kier alpha value is -9.63. The van der Waals surface area contributed by atoms with E-state index >= 15 is 0 Å². The molecule has 0 saturated carbocycles. The van der Waals surface area contributed by atoms with Crippen LogP contribution >= 0.6 is 0 Å².